The molecule has 1 spiro atoms. The molecule has 148 valence electrons. The van der Waals surface area contributed by atoms with E-state index in [9.17, 15) is 14.7 Å². The second-order valence-corrected chi connectivity index (χ2v) is 9.77. The van der Waals surface area contributed by atoms with Crippen molar-refractivity contribution in [2.24, 2.45) is 5.41 Å². The lowest BCUT2D eigenvalue weighted by Crippen LogP contribution is -2.55. The lowest BCUT2D eigenvalue weighted by atomic mass is 9.66. The van der Waals surface area contributed by atoms with Gasteiger partial charge in [0.05, 0.1) is 0 Å². The Morgan fingerprint density at radius 1 is 1.22 bits per heavy atom. The van der Waals surface area contributed by atoms with Crippen molar-refractivity contribution in [1.82, 2.24) is 15.1 Å². The summed E-state index contributed by atoms with van der Waals surface area (Å²) >= 11 is 0. The van der Waals surface area contributed by atoms with E-state index in [0.717, 1.165) is 58.2 Å². The smallest absolute Gasteiger partial charge is 0.410 e. The summed E-state index contributed by atoms with van der Waals surface area (Å²) in [6.07, 6.45) is 6.73. The number of likely N-dealkylation sites (tertiary alicyclic amines) is 1. The van der Waals surface area contributed by atoms with Crippen molar-refractivity contribution in [1.29, 1.82) is 0 Å². The molecule has 2 N–H and O–H groups in total. The molecule has 2 amide bonds. The van der Waals surface area contributed by atoms with E-state index in [-0.39, 0.29) is 36.1 Å². The highest BCUT2D eigenvalue weighted by atomic mass is 16.6. The second-order valence-electron chi connectivity index (χ2n) is 9.77. The van der Waals surface area contributed by atoms with E-state index in [4.69, 9.17) is 4.74 Å². The van der Waals surface area contributed by atoms with Gasteiger partial charge in [0.2, 0.25) is 5.91 Å². The van der Waals surface area contributed by atoms with Crippen LogP contribution >= 0.6 is 0 Å². The number of ether oxygens (including phenoxy) is 1. The summed E-state index contributed by atoms with van der Waals surface area (Å²) in [5.74, 6) is 0.208. The largest absolute Gasteiger partial charge is 0.448 e. The zero-order chi connectivity index (χ0) is 19.2. The monoisotopic (exact) mass is 375 g/mol. The van der Waals surface area contributed by atoms with Crippen LogP contribution in [0.25, 0.3) is 0 Å². The minimum absolute atomic E-state index is 0.0339. The molecule has 0 aliphatic carbocycles. The van der Waals surface area contributed by atoms with Crippen molar-refractivity contribution in [3.63, 3.8) is 0 Å². The predicted octanol–water partition coefficient (Wildman–Crippen LogP) is -1.37. The number of nitrogens with zero attached hydrogens (tertiary/aromatic N) is 2. The van der Waals surface area contributed by atoms with Crippen molar-refractivity contribution in [2.45, 2.75) is 68.5 Å². The molecular weight excluding hydrogens is 344 g/mol. The van der Waals surface area contributed by atoms with Crippen LogP contribution in [0.15, 0.2) is 0 Å². The molecule has 2 bridgehead atoms. The number of carbonyl (C=O) groups is 2. The zero-order valence-electron chi connectivity index (χ0n) is 16.6. The van der Waals surface area contributed by atoms with Crippen LogP contribution in [0.4, 0.5) is 4.79 Å². The van der Waals surface area contributed by atoms with Gasteiger partial charge in [0.1, 0.15) is 22.3 Å². The van der Waals surface area contributed by atoms with Gasteiger partial charge in [0.15, 0.2) is 0 Å². The molecule has 9 heteroatoms. The number of amides is 2. The quantitative estimate of drug-likeness (QED) is 0.596. The molecule has 4 fully saturated rings. The molecule has 2 unspecified atom stereocenters. The summed E-state index contributed by atoms with van der Waals surface area (Å²) < 4.78 is 5.37. The van der Waals surface area contributed by atoms with Crippen LogP contribution in [-0.4, -0.2) is 92.4 Å². The molecule has 0 aromatic carbocycles. The normalized spacial score (nSPS) is 33.3. The van der Waals surface area contributed by atoms with Gasteiger partial charge in [-0.2, -0.15) is 0 Å². The van der Waals surface area contributed by atoms with Gasteiger partial charge in [-0.3, -0.25) is 4.79 Å². The minimum Gasteiger partial charge on any atom is -0.448 e. The molecule has 4 heterocycles. The number of nitrogens with one attached hydrogen (secondary N) is 1. The van der Waals surface area contributed by atoms with Gasteiger partial charge < -0.3 is 25.0 Å². The van der Waals surface area contributed by atoms with E-state index in [0.29, 0.717) is 12.5 Å². The summed E-state index contributed by atoms with van der Waals surface area (Å²) in [6.45, 7) is 2.99. The molecule has 0 aromatic heterocycles. The predicted molar refractivity (Wildman–Crippen MR) is 106 cm³/mol. The third-order valence-electron chi connectivity index (χ3n) is 7.04. The summed E-state index contributed by atoms with van der Waals surface area (Å²) in [5, 5.41) is 11.8. The first-order valence-corrected chi connectivity index (χ1v) is 10.4. The Labute approximate surface area is 163 Å². The van der Waals surface area contributed by atoms with E-state index in [2.05, 4.69) is 10.2 Å². The van der Waals surface area contributed by atoms with Gasteiger partial charge in [-0.15, -0.1) is 0 Å². The molecule has 4 aliphatic heterocycles. The van der Waals surface area contributed by atoms with Gasteiger partial charge in [0, 0.05) is 36.5 Å². The van der Waals surface area contributed by atoms with Crippen LogP contribution in [0.2, 0.25) is 0 Å². The SMILES string of the molecule is BC(B)(O)COC(=O)N1C2CCC1CC(N1CCC3(CC1)CNC(=O)C3)C2. The Morgan fingerprint density at radius 3 is 2.37 bits per heavy atom. The van der Waals surface area contributed by atoms with Crippen LogP contribution in [0.5, 0.6) is 0 Å². The zero-order valence-corrected chi connectivity index (χ0v) is 16.6. The summed E-state index contributed by atoms with van der Waals surface area (Å²) in [7, 11) is 3.30. The second kappa shape index (κ2) is 6.99. The third-order valence-corrected chi connectivity index (χ3v) is 7.04. The molecule has 0 saturated carbocycles. The van der Waals surface area contributed by atoms with Crippen LogP contribution in [-0.2, 0) is 9.53 Å². The van der Waals surface area contributed by atoms with Gasteiger partial charge in [-0.25, -0.2) is 4.79 Å². The van der Waals surface area contributed by atoms with Gasteiger partial charge in [-0.1, -0.05) is 0 Å². The van der Waals surface area contributed by atoms with Crippen LogP contribution < -0.4 is 5.32 Å². The third kappa shape index (κ3) is 3.99. The van der Waals surface area contributed by atoms with Crippen molar-refractivity contribution in [3.05, 3.63) is 0 Å². The average molecular weight is 375 g/mol. The van der Waals surface area contributed by atoms with E-state index < -0.39 is 5.40 Å². The number of piperidine rings is 2. The summed E-state index contributed by atoms with van der Waals surface area (Å²) in [5.41, 5.74) is 0.189. The Balaban J connectivity index is 1.31. The molecule has 7 nitrogen and oxygen atoms in total. The number of carbonyl (C=O) groups excluding carboxylic acids is 2. The van der Waals surface area contributed by atoms with Crippen molar-refractivity contribution in [3.8, 4) is 0 Å². The fourth-order valence-electron chi connectivity index (χ4n) is 5.53. The fraction of sp³-hybridized carbons (Fsp3) is 0.889. The Hall–Kier alpha value is -1.21. The molecule has 0 radical (unpaired) electrons. The fourth-order valence-corrected chi connectivity index (χ4v) is 5.53. The van der Waals surface area contributed by atoms with E-state index in [1.54, 1.807) is 15.7 Å². The number of rotatable bonds is 3. The molecule has 2 atom stereocenters. The number of fused-ring (bicyclic) bond motifs is 2. The Morgan fingerprint density at radius 2 is 1.85 bits per heavy atom. The number of aliphatic hydroxyl groups is 1. The van der Waals surface area contributed by atoms with Crippen molar-refractivity contribution >= 4 is 27.7 Å². The summed E-state index contributed by atoms with van der Waals surface area (Å²) in [4.78, 5) is 28.7. The molecular formula is C18H31B2N3O4. The average Bonchev–Trinajstić information content (AvgIpc) is 3.09. The highest BCUT2D eigenvalue weighted by Crippen LogP contribution is 2.42. The first-order chi connectivity index (χ1) is 12.7. The highest BCUT2D eigenvalue weighted by Gasteiger charge is 2.47. The van der Waals surface area contributed by atoms with Crippen molar-refractivity contribution < 1.29 is 19.4 Å². The van der Waals surface area contributed by atoms with E-state index in [1.807, 2.05) is 4.90 Å². The Bertz CT molecular complexity index is 590. The molecule has 0 aromatic rings. The van der Waals surface area contributed by atoms with Gasteiger partial charge >= 0.3 is 6.09 Å². The van der Waals surface area contributed by atoms with Crippen molar-refractivity contribution in [2.75, 3.05) is 26.2 Å². The standard InChI is InChI=1S/C18H31B2N3O4/c19-18(20,26)11-27-16(25)23-12-1-2-13(23)8-14(7-12)22-5-3-17(4-6-22)9-15(24)21-10-17/h12-14,26H,1-11,19-20H2,(H,21,24). The van der Waals surface area contributed by atoms with Gasteiger partial charge in [-0.05, 0) is 57.0 Å². The molecule has 4 rings (SSSR count). The maximum Gasteiger partial charge on any atom is 0.410 e. The highest BCUT2D eigenvalue weighted by molar-refractivity contribution is 6.38. The first kappa shape index (κ1) is 19.1. The van der Waals surface area contributed by atoms with Crippen LogP contribution in [0, 0.1) is 5.41 Å². The Kier molecular flexibility index (Phi) is 4.95. The van der Waals surface area contributed by atoms with E-state index >= 15 is 0 Å². The lowest BCUT2D eigenvalue weighted by Gasteiger charge is -2.46. The first-order valence-electron chi connectivity index (χ1n) is 10.4. The molecule has 4 aliphatic rings. The molecule has 4 saturated heterocycles. The summed E-state index contributed by atoms with van der Waals surface area (Å²) in [6, 6.07) is 1.05. The minimum atomic E-state index is -0.993. The lowest BCUT2D eigenvalue weighted by molar-refractivity contribution is -0.119. The van der Waals surface area contributed by atoms with E-state index in [1.165, 1.54) is 0 Å². The maximum atomic E-state index is 12.5. The topological polar surface area (TPSA) is 82.1 Å². The van der Waals surface area contributed by atoms with Crippen LogP contribution in [0.1, 0.15) is 44.9 Å². The number of hydrogen-bond acceptors (Lipinski definition) is 5. The van der Waals surface area contributed by atoms with Gasteiger partial charge in [0.25, 0.3) is 0 Å². The van der Waals surface area contributed by atoms with Crippen LogP contribution in [0.3, 0.4) is 0 Å². The molecule has 27 heavy (non-hydrogen) atoms. The number of hydrogen-bond donors (Lipinski definition) is 2. The maximum absolute atomic E-state index is 12.5.